The maximum atomic E-state index is 13.6. The monoisotopic (exact) mass is 325 g/mol. The molecular weight excluding hydrogens is 317 g/mol. The number of carboxylic acids is 1. The molecule has 0 aliphatic carbocycles. The van der Waals surface area contributed by atoms with Gasteiger partial charge in [-0.25, -0.2) is 14.2 Å². The number of benzene rings is 1. The largest absolute Gasteiger partial charge is 0.478 e. The Balaban J connectivity index is 2.37. The molecule has 4 nitrogen and oxygen atoms in total. The van der Waals surface area contributed by atoms with Gasteiger partial charge in [-0.1, -0.05) is 6.07 Å². The average molecular weight is 326 g/mol. The minimum absolute atomic E-state index is 0.0677. The maximum absolute atomic E-state index is 13.6. The van der Waals surface area contributed by atoms with Gasteiger partial charge < -0.3 is 9.84 Å². The molecule has 0 aliphatic heterocycles. The molecule has 1 aromatic carbocycles. The molecule has 1 aromatic heterocycles. The second-order valence-corrected chi connectivity index (χ2v) is 4.74. The molecule has 0 amide bonds. The minimum Gasteiger partial charge on any atom is -0.478 e. The molecule has 0 radical (unpaired) electrons. The minimum atomic E-state index is -1.07. The molecule has 0 atom stereocenters. The SMILES string of the molecule is Cc1ccc(C(=O)O)cc1Oc1ncc(Br)cc1F. The zero-order valence-corrected chi connectivity index (χ0v) is 11.4. The van der Waals surface area contributed by atoms with Crippen LogP contribution in [0.2, 0.25) is 0 Å². The Morgan fingerprint density at radius 1 is 1.42 bits per heavy atom. The summed E-state index contributed by atoms with van der Waals surface area (Å²) in [6.45, 7) is 1.73. The molecule has 0 fully saturated rings. The molecule has 19 heavy (non-hydrogen) atoms. The van der Waals surface area contributed by atoms with Crippen molar-refractivity contribution in [2.45, 2.75) is 6.92 Å². The average Bonchev–Trinajstić information content (AvgIpc) is 2.34. The normalized spacial score (nSPS) is 10.3. The van der Waals surface area contributed by atoms with Gasteiger partial charge in [-0.15, -0.1) is 0 Å². The molecule has 0 saturated carbocycles. The van der Waals surface area contributed by atoms with Crippen molar-refractivity contribution in [3.63, 3.8) is 0 Å². The molecule has 1 N–H and O–H groups in total. The van der Waals surface area contributed by atoms with Crippen molar-refractivity contribution in [1.82, 2.24) is 4.98 Å². The zero-order chi connectivity index (χ0) is 14.0. The van der Waals surface area contributed by atoms with Crippen molar-refractivity contribution in [2.24, 2.45) is 0 Å². The fourth-order valence-corrected chi connectivity index (χ4v) is 1.73. The molecule has 2 rings (SSSR count). The van der Waals surface area contributed by atoms with E-state index >= 15 is 0 Å². The van der Waals surface area contributed by atoms with E-state index in [9.17, 15) is 9.18 Å². The molecule has 98 valence electrons. The third-order valence-electron chi connectivity index (χ3n) is 2.42. The number of carboxylic acid groups (broad SMARTS) is 1. The third kappa shape index (κ3) is 3.08. The van der Waals surface area contributed by atoms with Gasteiger partial charge in [0.15, 0.2) is 5.82 Å². The molecule has 1 heterocycles. The first kappa shape index (κ1) is 13.5. The van der Waals surface area contributed by atoms with Gasteiger partial charge in [0.2, 0.25) is 0 Å². The van der Waals surface area contributed by atoms with Gasteiger partial charge in [0.25, 0.3) is 5.88 Å². The van der Waals surface area contributed by atoms with Crippen molar-refractivity contribution in [3.8, 4) is 11.6 Å². The van der Waals surface area contributed by atoms with Crippen LogP contribution in [-0.2, 0) is 0 Å². The molecule has 0 unspecified atom stereocenters. The van der Waals surface area contributed by atoms with Crippen LogP contribution >= 0.6 is 15.9 Å². The van der Waals surface area contributed by atoms with E-state index in [1.807, 2.05) is 0 Å². The summed E-state index contributed by atoms with van der Waals surface area (Å²) in [4.78, 5) is 14.7. The molecule has 0 bridgehead atoms. The summed E-state index contributed by atoms with van der Waals surface area (Å²) in [6, 6.07) is 5.60. The standard InChI is InChI=1S/C13H9BrFNO3/c1-7-2-3-8(13(17)18)4-11(7)19-12-10(15)5-9(14)6-16-12/h2-6H,1H3,(H,17,18). The number of hydrogen-bond donors (Lipinski definition) is 1. The van der Waals surface area contributed by atoms with Gasteiger partial charge in [-0.2, -0.15) is 0 Å². The van der Waals surface area contributed by atoms with E-state index in [4.69, 9.17) is 9.84 Å². The lowest BCUT2D eigenvalue weighted by atomic mass is 10.1. The van der Waals surface area contributed by atoms with Crippen LogP contribution in [0.1, 0.15) is 15.9 Å². The Morgan fingerprint density at radius 2 is 2.16 bits per heavy atom. The van der Waals surface area contributed by atoms with Gasteiger partial charge in [0.1, 0.15) is 5.75 Å². The maximum Gasteiger partial charge on any atom is 0.335 e. The number of ether oxygens (including phenoxy) is 1. The van der Waals surface area contributed by atoms with E-state index in [1.54, 1.807) is 13.0 Å². The lowest BCUT2D eigenvalue weighted by Crippen LogP contribution is -1.99. The van der Waals surface area contributed by atoms with E-state index in [1.165, 1.54) is 24.4 Å². The molecule has 0 spiro atoms. The number of pyridine rings is 1. The smallest absolute Gasteiger partial charge is 0.335 e. The summed E-state index contributed by atoms with van der Waals surface area (Å²) in [5.74, 6) is -1.65. The fourth-order valence-electron chi connectivity index (χ4n) is 1.42. The fraction of sp³-hybridized carbons (Fsp3) is 0.0769. The number of carbonyl (C=O) groups is 1. The molecule has 0 aliphatic rings. The van der Waals surface area contributed by atoms with Crippen LogP contribution in [0, 0.1) is 12.7 Å². The predicted octanol–water partition coefficient (Wildman–Crippen LogP) is 3.78. The van der Waals surface area contributed by atoms with E-state index in [0.29, 0.717) is 10.0 Å². The predicted molar refractivity (Wildman–Crippen MR) is 70.1 cm³/mol. The van der Waals surface area contributed by atoms with Crippen LogP contribution in [0.4, 0.5) is 4.39 Å². The molecule has 6 heteroatoms. The highest BCUT2D eigenvalue weighted by Gasteiger charge is 2.11. The van der Waals surface area contributed by atoms with Crippen LogP contribution < -0.4 is 4.74 Å². The van der Waals surface area contributed by atoms with Crippen molar-refractivity contribution in [3.05, 3.63) is 51.9 Å². The number of aromatic carboxylic acids is 1. The van der Waals surface area contributed by atoms with E-state index in [-0.39, 0.29) is 17.2 Å². The van der Waals surface area contributed by atoms with Crippen molar-refractivity contribution >= 4 is 21.9 Å². The van der Waals surface area contributed by atoms with E-state index in [2.05, 4.69) is 20.9 Å². The van der Waals surface area contributed by atoms with E-state index in [0.717, 1.165) is 0 Å². The number of hydrogen-bond acceptors (Lipinski definition) is 3. The van der Waals surface area contributed by atoms with Gasteiger partial charge in [-0.3, -0.25) is 0 Å². The highest BCUT2D eigenvalue weighted by molar-refractivity contribution is 9.10. The first-order chi connectivity index (χ1) is 8.97. The summed E-state index contributed by atoms with van der Waals surface area (Å²) in [6.07, 6.45) is 1.40. The van der Waals surface area contributed by atoms with Crippen molar-refractivity contribution < 1.29 is 19.0 Å². The number of aryl methyl sites for hydroxylation is 1. The lowest BCUT2D eigenvalue weighted by Gasteiger charge is -2.09. The first-order valence-corrected chi connectivity index (χ1v) is 6.09. The molecule has 0 saturated heterocycles. The number of aromatic nitrogens is 1. The summed E-state index contributed by atoms with van der Waals surface area (Å²) < 4.78 is 19.4. The van der Waals surface area contributed by atoms with Crippen molar-refractivity contribution in [1.29, 1.82) is 0 Å². The second-order valence-electron chi connectivity index (χ2n) is 3.83. The van der Waals surface area contributed by atoms with Crippen LogP contribution in [0.15, 0.2) is 34.9 Å². The van der Waals surface area contributed by atoms with Gasteiger partial charge >= 0.3 is 5.97 Å². The van der Waals surface area contributed by atoms with Crippen LogP contribution in [-0.4, -0.2) is 16.1 Å². The molecular formula is C13H9BrFNO3. The first-order valence-electron chi connectivity index (χ1n) is 5.30. The second kappa shape index (κ2) is 5.36. The number of rotatable bonds is 3. The highest BCUT2D eigenvalue weighted by atomic mass is 79.9. The summed E-state index contributed by atoms with van der Waals surface area (Å²) >= 11 is 3.09. The Hall–Kier alpha value is -1.95. The zero-order valence-electron chi connectivity index (χ0n) is 9.85. The number of halogens is 2. The summed E-state index contributed by atoms with van der Waals surface area (Å²) in [5.41, 5.74) is 0.757. The Kier molecular flexibility index (Phi) is 3.80. The quantitative estimate of drug-likeness (QED) is 0.932. The number of nitrogens with zero attached hydrogens (tertiary/aromatic N) is 1. The van der Waals surface area contributed by atoms with Gasteiger partial charge in [0, 0.05) is 10.7 Å². The van der Waals surface area contributed by atoms with Crippen molar-refractivity contribution in [2.75, 3.05) is 0 Å². The van der Waals surface area contributed by atoms with Gasteiger partial charge in [-0.05, 0) is 46.6 Å². The Morgan fingerprint density at radius 3 is 2.79 bits per heavy atom. The van der Waals surface area contributed by atoms with Crippen LogP contribution in [0.5, 0.6) is 11.6 Å². The summed E-state index contributed by atoms with van der Waals surface area (Å²) in [5, 5.41) is 8.91. The topological polar surface area (TPSA) is 59.4 Å². The van der Waals surface area contributed by atoms with Crippen LogP contribution in [0.25, 0.3) is 0 Å². The van der Waals surface area contributed by atoms with E-state index < -0.39 is 11.8 Å². The Labute approximate surface area is 117 Å². The highest BCUT2D eigenvalue weighted by Crippen LogP contribution is 2.27. The van der Waals surface area contributed by atoms with Crippen LogP contribution in [0.3, 0.4) is 0 Å². The van der Waals surface area contributed by atoms with Gasteiger partial charge in [0.05, 0.1) is 5.56 Å². The lowest BCUT2D eigenvalue weighted by molar-refractivity contribution is 0.0696. The third-order valence-corrected chi connectivity index (χ3v) is 2.85. The summed E-state index contributed by atoms with van der Waals surface area (Å²) in [7, 11) is 0. The molecule has 2 aromatic rings. The Bertz CT molecular complexity index is 646.